The van der Waals surface area contributed by atoms with Crippen LogP contribution < -0.4 is 5.32 Å². The third kappa shape index (κ3) is 4.13. The number of nitrogens with one attached hydrogen (secondary N) is 1. The lowest BCUT2D eigenvalue weighted by Crippen LogP contribution is -2.29. The number of nitrogens with zero attached hydrogens (tertiary/aromatic N) is 4. The first-order valence-corrected chi connectivity index (χ1v) is 9.50. The van der Waals surface area contributed by atoms with E-state index < -0.39 is 29.4 Å². The van der Waals surface area contributed by atoms with Gasteiger partial charge in [0.1, 0.15) is 5.82 Å². The summed E-state index contributed by atoms with van der Waals surface area (Å²) in [4.78, 5) is 17.0. The van der Waals surface area contributed by atoms with Crippen molar-refractivity contribution in [2.45, 2.75) is 52.4 Å². The zero-order chi connectivity index (χ0) is 21.3. The van der Waals surface area contributed by atoms with Crippen molar-refractivity contribution in [1.82, 2.24) is 24.6 Å². The molecule has 9 heteroatoms. The van der Waals surface area contributed by atoms with Gasteiger partial charge in [-0.2, -0.15) is 18.3 Å². The van der Waals surface area contributed by atoms with Gasteiger partial charge in [-0.25, -0.2) is 4.98 Å². The molecule has 0 aliphatic rings. The van der Waals surface area contributed by atoms with Gasteiger partial charge >= 0.3 is 6.18 Å². The molecule has 2 heterocycles. The van der Waals surface area contributed by atoms with Gasteiger partial charge in [0.05, 0.1) is 22.8 Å². The van der Waals surface area contributed by atoms with Gasteiger partial charge in [0.25, 0.3) is 5.91 Å². The van der Waals surface area contributed by atoms with Crippen molar-refractivity contribution in [3.8, 4) is 0 Å². The Hall–Kier alpha value is -2.84. The number of benzene rings is 1. The first kappa shape index (κ1) is 20.9. The number of carbonyl (C=O) groups is 1. The Bertz CT molecular complexity index is 1020. The molecular weight excluding hydrogens is 383 g/mol. The molecule has 29 heavy (non-hydrogen) atoms. The van der Waals surface area contributed by atoms with E-state index in [1.54, 1.807) is 13.8 Å². The summed E-state index contributed by atoms with van der Waals surface area (Å²) in [6.45, 7) is 7.40. The average molecular weight is 407 g/mol. The minimum absolute atomic E-state index is 0.161. The topological polar surface area (TPSA) is 64.7 Å². The van der Waals surface area contributed by atoms with Gasteiger partial charge in [0, 0.05) is 25.0 Å². The van der Waals surface area contributed by atoms with E-state index in [4.69, 9.17) is 0 Å². The standard InChI is InChI=1S/C20H24F3N5O/c1-12(2)27-16-8-6-5-7-15(16)26-17(27)9-10-24-19(29)14-11-25-28(13(3)4)18(14)20(21,22)23/h5-8,11-13H,9-10H2,1-4H3,(H,24,29). The van der Waals surface area contributed by atoms with E-state index in [0.717, 1.165) is 27.7 Å². The first-order valence-electron chi connectivity index (χ1n) is 9.50. The highest BCUT2D eigenvalue weighted by molar-refractivity contribution is 5.95. The summed E-state index contributed by atoms with van der Waals surface area (Å²) in [6, 6.07) is 7.36. The molecular formula is C20H24F3N5O. The molecule has 156 valence electrons. The molecule has 0 aliphatic carbocycles. The third-order valence-corrected chi connectivity index (χ3v) is 4.62. The minimum Gasteiger partial charge on any atom is -0.351 e. The molecule has 0 fully saturated rings. The van der Waals surface area contributed by atoms with E-state index in [0.29, 0.717) is 6.42 Å². The number of fused-ring (bicyclic) bond motifs is 1. The second-order valence-electron chi connectivity index (χ2n) is 7.43. The highest BCUT2D eigenvalue weighted by Gasteiger charge is 2.40. The Kier molecular flexibility index (Phi) is 5.68. The summed E-state index contributed by atoms with van der Waals surface area (Å²) in [7, 11) is 0. The Labute approximate surface area is 166 Å². The van der Waals surface area contributed by atoms with Crippen molar-refractivity contribution in [2.24, 2.45) is 0 Å². The van der Waals surface area contributed by atoms with E-state index in [9.17, 15) is 18.0 Å². The largest absolute Gasteiger partial charge is 0.433 e. The Morgan fingerprint density at radius 1 is 1.14 bits per heavy atom. The van der Waals surface area contributed by atoms with Crippen molar-refractivity contribution < 1.29 is 18.0 Å². The van der Waals surface area contributed by atoms with Crippen LogP contribution in [0, 0.1) is 0 Å². The normalized spacial score (nSPS) is 12.3. The van der Waals surface area contributed by atoms with Crippen LogP contribution in [0.2, 0.25) is 0 Å². The van der Waals surface area contributed by atoms with Gasteiger partial charge in [0.2, 0.25) is 0 Å². The number of alkyl halides is 3. The van der Waals surface area contributed by atoms with E-state index >= 15 is 0 Å². The summed E-state index contributed by atoms with van der Waals surface area (Å²) in [5.74, 6) is -0.0214. The summed E-state index contributed by atoms with van der Waals surface area (Å²) < 4.78 is 43.3. The first-order chi connectivity index (χ1) is 13.6. The van der Waals surface area contributed by atoms with E-state index in [1.165, 1.54) is 0 Å². The lowest BCUT2D eigenvalue weighted by Gasteiger charge is -2.15. The average Bonchev–Trinajstić information content (AvgIpc) is 3.23. The van der Waals surface area contributed by atoms with Gasteiger partial charge < -0.3 is 9.88 Å². The van der Waals surface area contributed by atoms with Gasteiger partial charge in [-0.15, -0.1) is 0 Å². The van der Waals surface area contributed by atoms with Crippen molar-refractivity contribution >= 4 is 16.9 Å². The van der Waals surface area contributed by atoms with Crippen molar-refractivity contribution in [3.05, 3.63) is 47.5 Å². The molecule has 6 nitrogen and oxygen atoms in total. The molecule has 1 N–H and O–H groups in total. The van der Waals surface area contributed by atoms with Crippen LogP contribution in [0.4, 0.5) is 13.2 Å². The van der Waals surface area contributed by atoms with E-state index in [2.05, 4.69) is 20.0 Å². The van der Waals surface area contributed by atoms with Crippen LogP contribution in [0.1, 0.15) is 61.7 Å². The maximum atomic E-state index is 13.5. The molecule has 1 amide bonds. The van der Waals surface area contributed by atoms with Crippen LogP contribution in [-0.4, -0.2) is 31.8 Å². The number of rotatable bonds is 6. The van der Waals surface area contributed by atoms with Gasteiger partial charge in [-0.05, 0) is 39.8 Å². The van der Waals surface area contributed by atoms with Crippen molar-refractivity contribution in [1.29, 1.82) is 0 Å². The quantitative estimate of drug-likeness (QED) is 0.659. The van der Waals surface area contributed by atoms with Gasteiger partial charge in [-0.3, -0.25) is 9.48 Å². The predicted molar refractivity (Wildman–Crippen MR) is 104 cm³/mol. The Morgan fingerprint density at radius 2 is 1.83 bits per heavy atom. The number of imidazole rings is 1. The molecule has 0 saturated carbocycles. The smallest absolute Gasteiger partial charge is 0.351 e. The molecule has 2 aromatic heterocycles. The number of hydrogen-bond donors (Lipinski definition) is 1. The molecule has 0 bridgehead atoms. The van der Waals surface area contributed by atoms with Crippen LogP contribution in [0.25, 0.3) is 11.0 Å². The number of para-hydroxylation sites is 2. The monoisotopic (exact) mass is 407 g/mol. The summed E-state index contributed by atoms with van der Waals surface area (Å²) in [6.07, 6.45) is -3.29. The van der Waals surface area contributed by atoms with Crippen LogP contribution in [0.3, 0.4) is 0 Å². The summed E-state index contributed by atoms with van der Waals surface area (Å²) >= 11 is 0. The maximum absolute atomic E-state index is 13.5. The van der Waals surface area contributed by atoms with Gasteiger partial charge in [0.15, 0.2) is 5.69 Å². The zero-order valence-corrected chi connectivity index (χ0v) is 16.8. The highest BCUT2D eigenvalue weighted by atomic mass is 19.4. The number of halogens is 3. The maximum Gasteiger partial charge on any atom is 0.433 e. The van der Waals surface area contributed by atoms with E-state index in [-0.39, 0.29) is 12.6 Å². The number of amides is 1. The highest BCUT2D eigenvalue weighted by Crippen LogP contribution is 2.33. The Morgan fingerprint density at radius 3 is 2.45 bits per heavy atom. The van der Waals surface area contributed by atoms with Crippen LogP contribution in [0.5, 0.6) is 0 Å². The van der Waals surface area contributed by atoms with Gasteiger partial charge in [-0.1, -0.05) is 12.1 Å². The number of hydrogen-bond acceptors (Lipinski definition) is 3. The molecule has 0 unspecified atom stereocenters. The lowest BCUT2D eigenvalue weighted by molar-refractivity contribution is -0.145. The second-order valence-corrected chi connectivity index (χ2v) is 7.43. The van der Waals surface area contributed by atoms with Crippen LogP contribution in [0.15, 0.2) is 30.5 Å². The van der Waals surface area contributed by atoms with Crippen molar-refractivity contribution in [2.75, 3.05) is 6.54 Å². The van der Waals surface area contributed by atoms with Crippen LogP contribution in [-0.2, 0) is 12.6 Å². The molecule has 3 aromatic rings. The predicted octanol–water partition coefficient (Wildman–Crippen LogP) is 4.39. The molecule has 0 saturated heterocycles. The minimum atomic E-state index is -4.67. The number of carbonyl (C=O) groups excluding carboxylic acids is 1. The lowest BCUT2D eigenvalue weighted by atomic mass is 10.2. The summed E-state index contributed by atoms with van der Waals surface area (Å²) in [5.41, 5.74) is 0.337. The molecule has 0 radical (unpaired) electrons. The molecule has 0 atom stereocenters. The third-order valence-electron chi connectivity index (χ3n) is 4.62. The van der Waals surface area contributed by atoms with E-state index in [1.807, 2.05) is 38.1 Å². The fraction of sp³-hybridized carbons (Fsp3) is 0.450. The molecule has 0 aliphatic heterocycles. The Balaban J connectivity index is 1.78. The summed E-state index contributed by atoms with van der Waals surface area (Å²) in [5, 5.41) is 6.33. The SMILES string of the molecule is CC(C)n1ncc(C(=O)NCCc2nc3ccccc3n2C(C)C)c1C(F)(F)F. The molecule has 3 rings (SSSR count). The fourth-order valence-electron chi connectivity index (χ4n) is 3.43. The second kappa shape index (κ2) is 7.88. The molecule has 0 spiro atoms. The fourth-order valence-corrected chi connectivity index (χ4v) is 3.43. The van der Waals surface area contributed by atoms with Crippen molar-refractivity contribution in [3.63, 3.8) is 0 Å². The zero-order valence-electron chi connectivity index (χ0n) is 16.8. The van der Waals surface area contributed by atoms with Crippen LogP contribution >= 0.6 is 0 Å². The number of aromatic nitrogens is 4. The molecule has 1 aromatic carbocycles.